The molecule has 0 radical (unpaired) electrons. The summed E-state index contributed by atoms with van der Waals surface area (Å²) >= 11 is 0. The number of halogens is 1. The predicted octanol–water partition coefficient (Wildman–Crippen LogP) is 5.58. The predicted molar refractivity (Wildman–Crippen MR) is 142 cm³/mol. The molecule has 3 N–H and O–H groups in total. The highest BCUT2D eigenvalue weighted by Gasteiger charge is 2.39. The van der Waals surface area contributed by atoms with Gasteiger partial charge in [-0.25, -0.2) is 9.18 Å². The lowest BCUT2D eigenvalue weighted by atomic mass is 9.83. The van der Waals surface area contributed by atoms with E-state index in [2.05, 4.69) is 11.9 Å². The van der Waals surface area contributed by atoms with E-state index in [0.29, 0.717) is 30.2 Å². The van der Waals surface area contributed by atoms with Crippen LogP contribution in [0, 0.1) is 11.7 Å². The van der Waals surface area contributed by atoms with Gasteiger partial charge in [-0.15, -0.1) is 0 Å². The molecule has 2 amide bonds. The summed E-state index contributed by atoms with van der Waals surface area (Å²) in [5, 5.41) is 2.89. The molecule has 7 nitrogen and oxygen atoms in total. The number of hydrogen-bond acceptors (Lipinski definition) is 5. The van der Waals surface area contributed by atoms with E-state index in [1.165, 1.54) is 24.3 Å². The first-order chi connectivity index (χ1) is 17.6. The lowest BCUT2D eigenvalue weighted by Gasteiger charge is -2.35. The van der Waals surface area contributed by atoms with Crippen LogP contribution in [0.25, 0.3) is 0 Å². The van der Waals surface area contributed by atoms with Crippen molar-refractivity contribution in [1.82, 2.24) is 10.2 Å². The molecular weight excluding hydrogens is 473 g/mol. The van der Waals surface area contributed by atoms with Crippen molar-refractivity contribution in [2.45, 2.75) is 83.4 Å². The Morgan fingerprint density at radius 1 is 1.14 bits per heavy atom. The smallest absolute Gasteiger partial charge is 0.408 e. The Kier molecular flexibility index (Phi) is 9.78. The summed E-state index contributed by atoms with van der Waals surface area (Å²) in [6.07, 6.45) is 10.8. The van der Waals surface area contributed by atoms with Crippen molar-refractivity contribution in [3.05, 3.63) is 66.3 Å². The molecule has 0 bridgehead atoms. The van der Waals surface area contributed by atoms with Crippen LogP contribution in [0.2, 0.25) is 0 Å². The van der Waals surface area contributed by atoms with Crippen LogP contribution in [-0.2, 0) is 9.53 Å². The van der Waals surface area contributed by atoms with Gasteiger partial charge in [-0.05, 0) is 82.7 Å². The largest absolute Gasteiger partial charge is 0.457 e. The second-order valence-corrected chi connectivity index (χ2v) is 10.7. The second kappa shape index (κ2) is 12.8. The normalized spacial score (nSPS) is 20.3. The molecule has 2 atom stereocenters. The molecule has 2 aliphatic rings. The van der Waals surface area contributed by atoms with Crippen molar-refractivity contribution in [2.24, 2.45) is 11.7 Å². The van der Waals surface area contributed by atoms with E-state index in [-0.39, 0.29) is 23.7 Å². The monoisotopic (exact) mass is 513 g/mol. The standard InChI is InChI=1S/C29H40FN3O4/c1-5-10-23(36-22-16-14-21(30)15-17-22)19-24(31)25-13-9-18-33(25)27(34)26(20-11-7-6-8-12-20)32-28(35)37-29(2,3)4/h5,10,14-17,19-20,25-26H,1,6-9,11-13,18,31H2,2-4H3,(H,32,35)/b23-10+,24-19-/t25?,26-/m0/s1. The van der Waals surface area contributed by atoms with E-state index < -0.39 is 17.7 Å². The van der Waals surface area contributed by atoms with Crippen molar-refractivity contribution in [3.8, 4) is 5.75 Å². The molecule has 0 spiro atoms. The number of carbonyl (C=O) groups is 2. The summed E-state index contributed by atoms with van der Waals surface area (Å²) in [5.41, 5.74) is 6.33. The number of likely N-dealkylation sites (tertiary alicyclic amines) is 1. The second-order valence-electron chi connectivity index (χ2n) is 10.7. The lowest BCUT2D eigenvalue weighted by molar-refractivity contribution is -0.135. The van der Waals surface area contributed by atoms with Crippen LogP contribution in [0.3, 0.4) is 0 Å². The summed E-state index contributed by atoms with van der Waals surface area (Å²) in [7, 11) is 0. The molecular formula is C29H40FN3O4. The number of carbonyl (C=O) groups excluding carboxylic acids is 2. The van der Waals surface area contributed by atoms with Crippen molar-refractivity contribution in [3.63, 3.8) is 0 Å². The van der Waals surface area contributed by atoms with Crippen LogP contribution in [0.15, 0.2) is 60.5 Å². The van der Waals surface area contributed by atoms with Gasteiger partial charge in [0.1, 0.15) is 29.0 Å². The Morgan fingerprint density at radius 2 is 1.81 bits per heavy atom. The van der Waals surface area contributed by atoms with Gasteiger partial charge in [-0.1, -0.05) is 31.9 Å². The number of allylic oxidation sites excluding steroid dienone is 3. The number of hydrogen-bond donors (Lipinski definition) is 2. The van der Waals surface area contributed by atoms with Gasteiger partial charge < -0.3 is 25.4 Å². The number of ether oxygens (including phenoxy) is 2. The lowest BCUT2D eigenvalue weighted by Crippen LogP contribution is -2.55. The highest BCUT2D eigenvalue weighted by atomic mass is 19.1. The topological polar surface area (TPSA) is 93.9 Å². The molecule has 1 unspecified atom stereocenters. The third-order valence-electron chi connectivity index (χ3n) is 6.62. The molecule has 1 aromatic rings. The molecule has 3 rings (SSSR count). The van der Waals surface area contributed by atoms with Gasteiger partial charge in [0.05, 0.1) is 6.04 Å². The number of rotatable bonds is 8. The van der Waals surface area contributed by atoms with Crippen LogP contribution < -0.4 is 15.8 Å². The fourth-order valence-electron chi connectivity index (χ4n) is 4.97. The van der Waals surface area contributed by atoms with Crippen molar-refractivity contribution in [1.29, 1.82) is 0 Å². The number of nitrogens with two attached hydrogens (primary N) is 1. The number of nitrogens with zero attached hydrogens (tertiary/aromatic N) is 1. The zero-order valence-electron chi connectivity index (χ0n) is 22.2. The molecule has 1 saturated carbocycles. The molecule has 0 aromatic heterocycles. The average Bonchev–Trinajstić information content (AvgIpc) is 3.33. The van der Waals surface area contributed by atoms with Crippen LogP contribution in [0.1, 0.15) is 65.7 Å². The van der Waals surface area contributed by atoms with E-state index in [0.717, 1.165) is 38.5 Å². The highest BCUT2D eigenvalue weighted by Crippen LogP contribution is 2.31. The van der Waals surface area contributed by atoms with Gasteiger partial charge in [0.2, 0.25) is 5.91 Å². The van der Waals surface area contributed by atoms with E-state index >= 15 is 0 Å². The third-order valence-corrected chi connectivity index (χ3v) is 6.62. The Balaban J connectivity index is 1.79. The molecule has 1 aliphatic heterocycles. The van der Waals surface area contributed by atoms with Crippen LogP contribution in [0.5, 0.6) is 5.75 Å². The minimum Gasteiger partial charge on any atom is -0.457 e. The zero-order valence-corrected chi connectivity index (χ0v) is 22.2. The molecule has 1 heterocycles. The van der Waals surface area contributed by atoms with Crippen LogP contribution in [0.4, 0.5) is 9.18 Å². The minimum absolute atomic E-state index is 0.0539. The van der Waals surface area contributed by atoms with Crippen LogP contribution in [-0.4, -0.2) is 41.1 Å². The molecule has 1 saturated heterocycles. The summed E-state index contributed by atoms with van der Waals surface area (Å²) in [5.74, 6) is 0.443. The SMILES string of the molecule is C=C/C=C(\C=C(/N)C1CCCN1C(=O)[C@@H](NC(=O)OC(C)(C)C)C1CCCCC1)Oc1ccc(F)cc1. The first-order valence-electron chi connectivity index (χ1n) is 13.1. The summed E-state index contributed by atoms with van der Waals surface area (Å²) in [4.78, 5) is 28.3. The summed E-state index contributed by atoms with van der Waals surface area (Å²) in [6.45, 7) is 9.68. The Morgan fingerprint density at radius 3 is 2.43 bits per heavy atom. The molecule has 1 aliphatic carbocycles. The van der Waals surface area contributed by atoms with Gasteiger partial charge in [-0.3, -0.25) is 4.79 Å². The highest BCUT2D eigenvalue weighted by molar-refractivity contribution is 5.87. The molecule has 202 valence electrons. The van der Waals surface area contributed by atoms with Gasteiger partial charge in [0.25, 0.3) is 0 Å². The van der Waals surface area contributed by atoms with E-state index in [1.807, 2.05) is 0 Å². The van der Waals surface area contributed by atoms with Gasteiger partial charge >= 0.3 is 6.09 Å². The van der Waals surface area contributed by atoms with E-state index in [1.54, 1.807) is 43.9 Å². The summed E-state index contributed by atoms with van der Waals surface area (Å²) in [6, 6.07) is 4.69. The van der Waals surface area contributed by atoms with Crippen molar-refractivity contribution < 1.29 is 23.5 Å². The number of benzene rings is 1. The van der Waals surface area contributed by atoms with Gasteiger partial charge in [-0.2, -0.15) is 0 Å². The van der Waals surface area contributed by atoms with E-state index in [9.17, 15) is 14.0 Å². The fourth-order valence-corrected chi connectivity index (χ4v) is 4.97. The maximum absolute atomic E-state index is 13.9. The zero-order chi connectivity index (χ0) is 27.0. The third kappa shape index (κ3) is 8.37. The number of amides is 2. The number of nitrogens with one attached hydrogen (secondary N) is 1. The molecule has 2 fully saturated rings. The minimum atomic E-state index is -0.665. The number of alkyl carbamates (subject to hydrolysis) is 1. The van der Waals surface area contributed by atoms with E-state index in [4.69, 9.17) is 15.2 Å². The maximum atomic E-state index is 13.9. The maximum Gasteiger partial charge on any atom is 0.408 e. The fraction of sp³-hybridized carbons (Fsp3) is 0.517. The Labute approximate surface area is 219 Å². The first-order valence-corrected chi connectivity index (χ1v) is 13.1. The first kappa shape index (κ1) is 28.3. The molecule has 1 aromatic carbocycles. The van der Waals surface area contributed by atoms with Gasteiger partial charge in [0, 0.05) is 18.3 Å². The van der Waals surface area contributed by atoms with Crippen molar-refractivity contribution >= 4 is 12.0 Å². The Hall–Kier alpha value is -3.29. The molecule has 37 heavy (non-hydrogen) atoms. The molecule has 8 heteroatoms. The van der Waals surface area contributed by atoms with Crippen LogP contribution >= 0.6 is 0 Å². The average molecular weight is 514 g/mol. The quantitative estimate of drug-likeness (QED) is 0.350. The van der Waals surface area contributed by atoms with Gasteiger partial charge in [0.15, 0.2) is 0 Å². The van der Waals surface area contributed by atoms with Crippen molar-refractivity contribution in [2.75, 3.05) is 6.54 Å². The Bertz CT molecular complexity index is 1010. The summed E-state index contributed by atoms with van der Waals surface area (Å²) < 4.78 is 24.6.